The van der Waals surface area contributed by atoms with E-state index in [9.17, 15) is 0 Å². The summed E-state index contributed by atoms with van der Waals surface area (Å²) in [6, 6.07) is 0. The zero-order chi connectivity index (χ0) is 6.55. The van der Waals surface area contributed by atoms with Crippen molar-refractivity contribution < 1.29 is 0 Å². The van der Waals surface area contributed by atoms with Gasteiger partial charge in [-0.1, -0.05) is 37.1 Å². The topological polar surface area (TPSA) is 0 Å². The zero-order valence-electron chi connectivity index (χ0n) is 6.29. The molecule has 4 aliphatic rings. The Morgan fingerprint density at radius 1 is 1.20 bits per heavy atom. The molecular weight excluding hydrogens is 115 g/mol. The highest BCUT2D eigenvalue weighted by molar-refractivity contribution is 7.57. The minimum Gasteiger partial charge on any atom is -0.0873 e. The van der Waals surface area contributed by atoms with Crippen LogP contribution in [0.3, 0.4) is 0 Å². The molecule has 0 aromatic carbocycles. The SMILES string of the molecule is [B]1B2[B]C3CB1CC(C2)C3. The summed E-state index contributed by atoms with van der Waals surface area (Å²) in [4.78, 5) is 0. The maximum Gasteiger partial charge on any atom is 0.0910 e. The second-order valence-electron chi connectivity index (χ2n) is 4.38. The highest BCUT2D eigenvalue weighted by Gasteiger charge is 2.44. The van der Waals surface area contributed by atoms with Gasteiger partial charge in [0.15, 0.2) is 0 Å². The Labute approximate surface area is 65.1 Å². The molecule has 10 heavy (non-hydrogen) atoms. The molecule has 0 nitrogen and oxygen atoms in total. The van der Waals surface area contributed by atoms with Crippen LogP contribution in [-0.4, -0.2) is 27.3 Å². The van der Waals surface area contributed by atoms with Gasteiger partial charge in [-0.3, -0.25) is 0 Å². The maximum atomic E-state index is 2.60. The molecular formula is C6H10B4. The molecule has 0 aromatic rings. The Bertz CT molecular complexity index is 101. The third-order valence-corrected chi connectivity index (χ3v) is 3.52. The van der Waals surface area contributed by atoms with Gasteiger partial charge in [-0.25, -0.2) is 0 Å². The Hall–Kier alpha value is 0.260. The minimum atomic E-state index is 0.927. The summed E-state index contributed by atoms with van der Waals surface area (Å²) in [5.74, 6) is 2.14. The third-order valence-electron chi connectivity index (χ3n) is 3.52. The normalized spacial score (nSPS) is 41.6. The van der Waals surface area contributed by atoms with Gasteiger partial charge in [0.1, 0.15) is 0 Å². The van der Waals surface area contributed by atoms with Crippen LogP contribution >= 0.6 is 0 Å². The summed E-state index contributed by atoms with van der Waals surface area (Å²) >= 11 is 0. The lowest BCUT2D eigenvalue weighted by Gasteiger charge is -2.47. The van der Waals surface area contributed by atoms with Crippen molar-refractivity contribution >= 4 is 27.3 Å². The van der Waals surface area contributed by atoms with E-state index in [2.05, 4.69) is 14.2 Å². The molecule has 0 spiro atoms. The van der Waals surface area contributed by atoms with Crippen LogP contribution in [0.5, 0.6) is 0 Å². The molecule has 4 heteroatoms. The zero-order valence-corrected chi connectivity index (χ0v) is 6.29. The Balaban J connectivity index is 1.90. The first kappa shape index (κ1) is 5.85. The van der Waals surface area contributed by atoms with Crippen molar-refractivity contribution in [3.63, 3.8) is 0 Å². The van der Waals surface area contributed by atoms with Crippen molar-refractivity contribution in [3.05, 3.63) is 0 Å². The van der Waals surface area contributed by atoms with Crippen LogP contribution in [0.1, 0.15) is 6.42 Å². The van der Waals surface area contributed by atoms with E-state index in [0.29, 0.717) is 0 Å². The van der Waals surface area contributed by atoms with E-state index >= 15 is 0 Å². The van der Waals surface area contributed by atoms with Crippen molar-refractivity contribution in [2.24, 2.45) is 5.92 Å². The molecule has 4 fully saturated rings. The molecule has 0 aromatic heterocycles. The van der Waals surface area contributed by atoms with Crippen LogP contribution in [-0.2, 0) is 0 Å². The molecule has 0 aliphatic carbocycles. The van der Waals surface area contributed by atoms with Crippen LogP contribution in [0.25, 0.3) is 0 Å². The van der Waals surface area contributed by atoms with Crippen molar-refractivity contribution in [3.8, 4) is 0 Å². The average Bonchev–Trinajstić information content (AvgIpc) is 1.82. The predicted molar refractivity (Wildman–Crippen MR) is 49.3 cm³/mol. The van der Waals surface area contributed by atoms with Gasteiger partial charge in [-0.2, -0.15) is 0 Å². The standard InChI is InChI=1S/C6H10B4/c1-5-2-9-4-6(1)7-10(3-5)8-9/h5-6H,1-4H2. The third kappa shape index (κ3) is 0.740. The van der Waals surface area contributed by atoms with E-state index in [0.717, 1.165) is 24.8 Å². The van der Waals surface area contributed by atoms with Gasteiger partial charge in [-0.15, -0.1) is 0 Å². The second-order valence-corrected chi connectivity index (χ2v) is 4.38. The van der Waals surface area contributed by atoms with Gasteiger partial charge in [0.25, 0.3) is 0 Å². The first-order chi connectivity index (χ1) is 4.90. The largest absolute Gasteiger partial charge is 0.0910 e. The predicted octanol–water partition coefficient (Wildman–Crippen LogP) is 0.710. The van der Waals surface area contributed by atoms with Crippen LogP contribution in [0.4, 0.5) is 0 Å². The van der Waals surface area contributed by atoms with E-state index < -0.39 is 0 Å². The maximum absolute atomic E-state index is 2.60. The number of hydrogen-bond acceptors (Lipinski definition) is 0. The fraction of sp³-hybridized carbons (Fsp3) is 1.00. The summed E-state index contributed by atoms with van der Waals surface area (Å²) in [6.07, 6.45) is 6.04. The Morgan fingerprint density at radius 2 is 2.20 bits per heavy atom. The summed E-state index contributed by atoms with van der Waals surface area (Å²) in [5, 5.41) is 0. The number of rotatable bonds is 0. The Morgan fingerprint density at radius 3 is 2.90 bits per heavy atom. The first-order valence-corrected chi connectivity index (χ1v) is 4.60. The molecule has 4 rings (SSSR count). The van der Waals surface area contributed by atoms with Crippen molar-refractivity contribution in [1.82, 2.24) is 0 Å². The van der Waals surface area contributed by atoms with Gasteiger partial charge in [0.05, 0.1) is 20.3 Å². The van der Waals surface area contributed by atoms with E-state index in [-0.39, 0.29) is 0 Å². The van der Waals surface area contributed by atoms with Crippen molar-refractivity contribution in [2.75, 3.05) is 0 Å². The smallest absolute Gasteiger partial charge is 0.0873 e. The van der Waals surface area contributed by atoms with Gasteiger partial charge in [0, 0.05) is 7.06 Å². The van der Waals surface area contributed by atoms with Crippen LogP contribution in [0.15, 0.2) is 0 Å². The summed E-state index contributed by atoms with van der Waals surface area (Å²) < 4.78 is 0. The highest BCUT2D eigenvalue weighted by atomic mass is 14.2. The average molecular weight is 125 g/mol. The van der Waals surface area contributed by atoms with Crippen molar-refractivity contribution in [2.45, 2.75) is 31.2 Å². The molecule has 4 heterocycles. The van der Waals surface area contributed by atoms with E-state index in [1.54, 1.807) is 0 Å². The molecule has 4 saturated heterocycles. The molecule has 2 unspecified atom stereocenters. The summed E-state index contributed by atoms with van der Waals surface area (Å²) in [7, 11) is 5.21. The van der Waals surface area contributed by atoms with Crippen LogP contribution < -0.4 is 0 Å². The summed E-state index contributed by atoms with van der Waals surface area (Å²) in [5.41, 5.74) is 0. The van der Waals surface area contributed by atoms with Crippen LogP contribution in [0, 0.1) is 5.92 Å². The monoisotopic (exact) mass is 126 g/mol. The lowest BCUT2D eigenvalue weighted by molar-refractivity contribution is 0.533. The summed E-state index contributed by atoms with van der Waals surface area (Å²) in [6.45, 7) is 1.95. The van der Waals surface area contributed by atoms with E-state index in [4.69, 9.17) is 0 Å². The van der Waals surface area contributed by atoms with Crippen LogP contribution in [0.2, 0.25) is 24.8 Å². The minimum absolute atomic E-state index is 0.927. The van der Waals surface area contributed by atoms with Gasteiger partial charge in [-0.05, 0) is 0 Å². The van der Waals surface area contributed by atoms with Gasteiger partial charge < -0.3 is 0 Å². The van der Waals surface area contributed by atoms with Crippen molar-refractivity contribution in [1.29, 1.82) is 0 Å². The fourth-order valence-electron chi connectivity index (χ4n) is 3.35. The first-order valence-electron chi connectivity index (χ1n) is 4.60. The quantitative estimate of drug-likeness (QED) is 0.418. The van der Waals surface area contributed by atoms with E-state index in [1.165, 1.54) is 25.4 Å². The molecule has 0 amide bonds. The number of hydrogen-bond donors (Lipinski definition) is 0. The molecule has 2 atom stereocenters. The molecule has 4 bridgehead atoms. The second kappa shape index (κ2) is 1.89. The Kier molecular flexibility index (Phi) is 1.11. The van der Waals surface area contributed by atoms with Gasteiger partial charge in [0.2, 0.25) is 0 Å². The fourth-order valence-corrected chi connectivity index (χ4v) is 3.35. The molecule has 2 radical (unpaired) electrons. The van der Waals surface area contributed by atoms with Gasteiger partial charge >= 0.3 is 0 Å². The highest BCUT2D eigenvalue weighted by Crippen LogP contribution is 2.44. The molecule has 4 aliphatic heterocycles. The molecule has 0 N–H and O–H groups in total. The lowest BCUT2D eigenvalue weighted by Crippen LogP contribution is -2.57. The molecule has 46 valence electrons. The molecule has 0 saturated carbocycles. The lowest BCUT2D eigenvalue weighted by atomic mass is 8.81. The van der Waals surface area contributed by atoms with E-state index in [1.807, 2.05) is 0 Å².